The minimum Gasteiger partial charge on any atom is -0.493 e. The molecule has 2 nitrogen and oxygen atoms in total. The maximum absolute atomic E-state index is 5.73. The quantitative estimate of drug-likeness (QED) is 0.779. The summed E-state index contributed by atoms with van der Waals surface area (Å²) in [6.07, 6.45) is 3.86. The molecule has 2 rings (SSSR count). The van der Waals surface area contributed by atoms with E-state index in [4.69, 9.17) is 4.74 Å². The van der Waals surface area contributed by atoms with Gasteiger partial charge in [0.1, 0.15) is 5.75 Å². The molecule has 1 unspecified atom stereocenters. The largest absolute Gasteiger partial charge is 0.493 e. The highest BCUT2D eigenvalue weighted by Gasteiger charge is 2.19. The molecule has 1 atom stereocenters. The van der Waals surface area contributed by atoms with Crippen LogP contribution in [0, 0.1) is 5.92 Å². The second-order valence-electron chi connectivity index (χ2n) is 5.12. The van der Waals surface area contributed by atoms with Gasteiger partial charge in [-0.3, -0.25) is 0 Å². The SMILES string of the molecule is CCC(C)COc1ccc(CNC2CC2)cc1. The molecule has 0 heterocycles. The zero-order valence-electron chi connectivity index (χ0n) is 10.9. The van der Waals surface area contributed by atoms with E-state index >= 15 is 0 Å². The van der Waals surface area contributed by atoms with Gasteiger partial charge in [-0.2, -0.15) is 0 Å². The van der Waals surface area contributed by atoms with Gasteiger partial charge in [0.25, 0.3) is 0 Å². The molecule has 0 amide bonds. The van der Waals surface area contributed by atoms with Gasteiger partial charge >= 0.3 is 0 Å². The fourth-order valence-electron chi connectivity index (χ4n) is 1.61. The summed E-state index contributed by atoms with van der Waals surface area (Å²) in [5.74, 6) is 1.62. The molecule has 0 aromatic heterocycles. The van der Waals surface area contributed by atoms with Gasteiger partial charge in [-0.05, 0) is 36.5 Å². The summed E-state index contributed by atoms with van der Waals surface area (Å²) in [5, 5.41) is 3.51. The lowest BCUT2D eigenvalue weighted by Crippen LogP contribution is -2.15. The number of rotatable bonds is 7. The molecule has 1 aromatic rings. The lowest BCUT2D eigenvalue weighted by atomic mass is 10.1. The summed E-state index contributed by atoms with van der Waals surface area (Å²) in [6.45, 7) is 6.21. The first-order chi connectivity index (χ1) is 8.28. The van der Waals surface area contributed by atoms with Crippen molar-refractivity contribution in [3.8, 4) is 5.75 Å². The minimum atomic E-state index is 0.631. The van der Waals surface area contributed by atoms with Crippen LogP contribution >= 0.6 is 0 Å². The highest BCUT2D eigenvalue weighted by molar-refractivity contribution is 5.27. The lowest BCUT2D eigenvalue weighted by molar-refractivity contribution is 0.256. The van der Waals surface area contributed by atoms with E-state index in [9.17, 15) is 0 Å². The van der Waals surface area contributed by atoms with E-state index < -0.39 is 0 Å². The van der Waals surface area contributed by atoms with Crippen molar-refractivity contribution in [1.29, 1.82) is 0 Å². The van der Waals surface area contributed by atoms with Crippen LogP contribution < -0.4 is 10.1 Å². The van der Waals surface area contributed by atoms with Crippen molar-refractivity contribution in [2.24, 2.45) is 5.92 Å². The second kappa shape index (κ2) is 6.06. The number of ether oxygens (including phenoxy) is 1. The number of hydrogen-bond acceptors (Lipinski definition) is 2. The van der Waals surface area contributed by atoms with Crippen LogP contribution in [0.5, 0.6) is 5.75 Å². The minimum absolute atomic E-state index is 0.631. The van der Waals surface area contributed by atoms with Gasteiger partial charge in [0, 0.05) is 12.6 Å². The van der Waals surface area contributed by atoms with Crippen LogP contribution in [-0.4, -0.2) is 12.6 Å². The molecule has 0 aliphatic heterocycles. The Labute approximate surface area is 104 Å². The molecule has 2 heteroatoms. The van der Waals surface area contributed by atoms with Gasteiger partial charge in [-0.1, -0.05) is 32.4 Å². The molecular weight excluding hydrogens is 210 g/mol. The molecule has 17 heavy (non-hydrogen) atoms. The predicted octanol–water partition coefficient (Wildman–Crippen LogP) is 3.36. The molecule has 0 saturated heterocycles. The first-order valence-electron chi connectivity index (χ1n) is 6.73. The molecule has 1 N–H and O–H groups in total. The summed E-state index contributed by atoms with van der Waals surface area (Å²) in [7, 11) is 0. The van der Waals surface area contributed by atoms with E-state index in [0.717, 1.165) is 24.9 Å². The third-order valence-electron chi connectivity index (χ3n) is 3.33. The summed E-state index contributed by atoms with van der Waals surface area (Å²) < 4.78 is 5.73. The highest BCUT2D eigenvalue weighted by atomic mass is 16.5. The number of hydrogen-bond donors (Lipinski definition) is 1. The summed E-state index contributed by atoms with van der Waals surface area (Å²) >= 11 is 0. The standard InChI is InChI=1S/C15H23NO/c1-3-12(2)11-17-15-8-4-13(5-9-15)10-16-14-6-7-14/h4-5,8-9,12,14,16H,3,6-7,10-11H2,1-2H3. The van der Waals surface area contributed by atoms with Gasteiger partial charge in [0.2, 0.25) is 0 Å². The van der Waals surface area contributed by atoms with E-state index in [-0.39, 0.29) is 0 Å². The van der Waals surface area contributed by atoms with Crippen molar-refractivity contribution in [3.05, 3.63) is 29.8 Å². The third-order valence-corrected chi connectivity index (χ3v) is 3.33. The van der Waals surface area contributed by atoms with E-state index in [2.05, 4.69) is 43.4 Å². The Bertz CT molecular complexity index is 329. The van der Waals surface area contributed by atoms with Crippen molar-refractivity contribution >= 4 is 0 Å². The Hall–Kier alpha value is -1.02. The summed E-state index contributed by atoms with van der Waals surface area (Å²) in [5.41, 5.74) is 1.34. The molecule has 1 aliphatic rings. The molecule has 1 aliphatic carbocycles. The van der Waals surface area contributed by atoms with E-state index in [1.54, 1.807) is 0 Å². The first kappa shape index (κ1) is 12.4. The Kier molecular flexibility index (Phi) is 4.43. The molecular formula is C15H23NO. The lowest BCUT2D eigenvalue weighted by Gasteiger charge is -2.11. The zero-order chi connectivity index (χ0) is 12.1. The van der Waals surface area contributed by atoms with Gasteiger partial charge in [0.15, 0.2) is 0 Å². The number of nitrogens with one attached hydrogen (secondary N) is 1. The van der Waals surface area contributed by atoms with Crippen molar-refractivity contribution < 1.29 is 4.74 Å². The zero-order valence-corrected chi connectivity index (χ0v) is 10.9. The molecule has 1 saturated carbocycles. The van der Waals surface area contributed by atoms with Crippen molar-refractivity contribution in [2.75, 3.05) is 6.61 Å². The van der Waals surface area contributed by atoms with Crippen LogP contribution in [0.25, 0.3) is 0 Å². The van der Waals surface area contributed by atoms with E-state index in [0.29, 0.717) is 5.92 Å². The normalized spacial score (nSPS) is 16.8. The molecule has 1 fully saturated rings. The van der Waals surface area contributed by atoms with Gasteiger partial charge < -0.3 is 10.1 Å². The molecule has 1 aromatic carbocycles. The maximum Gasteiger partial charge on any atom is 0.119 e. The van der Waals surface area contributed by atoms with Gasteiger partial charge in [0.05, 0.1) is 6.61 Å². The summed E-state index contributed by atoms with van der Waals surface area (Å²) in [4.78, 5) is 0. The Balaban J connectivity index is 1.75. The average molecular weight is 233 g/mol. The van der Waals surface area contributed by atoms with Crippen LogP contribution in [0.15, 0.2) is 24.3 Å². The summed E-state index contributed by atoms with van der Waals surface area (Å²) in [6, 6.07) is 9.23. The van der Waals surface area contributed by atoms with Gasteiger partial charge in [-0.15, -0.1) is 0 Å². The fourth-order valence-corrected chi connectivity index (χ4v) is 1.61. The van der Waals surface area contributed by atoms with Crippen molar-refractivity contribution in [1.82, 2.24) is 5.32 Å². The van der Waals surface area contributed by atoms with Crippen LogP contribution in [0.4, 0.5) is 0 Å². The van der Waals surface area contributed by atoms with Crippen molar-refractivity contribution in [2.45, 2.75) is 45.7 Å². The monoisotopic (exact) mass is 233 g/mol. The Morgan fingerprint density at radius 2 is 2.00 bits per heavy atom. The molecule has 94 valence electrons. The second-order valence-corrected chi connectivity index (χ2v) is 5.12. The van der Waals surface area contributed by atoms with E-state index in [1.807, 2.05) is 0 Å². The average Bonchev–Trinajstić information content (AvgIpc) is 3.18. The molecule has 0 radical (unpaired) electrons. The van der Waals surface area contributed by atoms with Crippen LogP contribution in [0.3, 0.4) is 0 Å². The molecule has 0 spiro atoms. The fraction of sp³-hybridized carbons (Fsp3) is 0.600. The Morgan fingerprint density at radius 1 is 1.29 bits per heavy atom. The topological polar surface area (TPSA) is 21.3 Å². The first-order valence-corrected chi connectivity index (χ1v) is 6.73. The van der Waals surface area contributed by atoms with Crippen molar-refractivity contribution in [3.63, 3.8) is 0 Å². The molecule has 0 bridgehead atoms. The maximum atomic E-state index is 5.73. The van der Waals surface area contributed by atoms with E-state index in [1.165, 1.54) is 24.8 Å². The third kappa shape index (κ3) is 4.39. The Morgan fingerprint density at radius 3 is 2.59 bits per heavy atom. The van der Waals surface area contributed by atoms with Gasteiger partial charge in [-0.25, -0.2) is 0 Å². The smallest absolute Gasteiger partial charge is 0.119 e. The van der Waals surface area contributed by atoms with Crippen LogP contribution in [-0.2, 0) is 6.54 Å². The highest BCUT2D eigenvalue weighted by Crippen LogP contribution is 2.20. The van der Waals surface area contributed by atoms with Crippen LogP contribution in [0.1, 0.15) is 38.7 Å². The predicted molar refractivity (Wildman–Crippen MR) is 71.3 cm³/mol. The number of benzene rings is 1. The van der Waals surface area contributed by atoms with Crippen LogP contribution in [0.2, 0.25) is 0 Å².